The van der Waals surface area contributed by atoms with Crippen LogP contribution in [0.15, 0.2) is 47.0 Å². The number of rotatable bonds is 4. The number of fused-ring (bicyclic) bond motifs is 1. The van der Waals surface area contributed by atoms with Crippen LogP contribution < -0.4 is 14.8 Å². The highest BCUT2D eigenvalue weighted by Gasteiger charge is 2.31. The van der Waals surface area contributed by atoms with E-state index in [-0.39, 0.29) is 11.9 Å². The summed E-state index contributed by atoms with van der Waals surface area (Å²) in [5, 5.41) is 7.92. The molecule has 1 saturated heterocycles. The minimum Gasteiger partial charge on any atom is -0.470 e. The molecule has 0 unspecified atom stereocenters. The molecule has 1 aromatic heterocycles. The van der Waals surface area contributed by atoms with Gasteiger partial charge in [0.2, 0.25) is 0 Å². The SMILES string of the molecule is FC(F)(F)Oc1ccc(-c2ccc3onc(O[C@@H]4CCNC4)c3c2)cc1. The monoisotopic (exact) mass is 364 g/mol. The first-order valence-electron chi connectivity index (χ1n) is 8.11. The zero-order valence-corrected chi connectivity index (χ0v) is 13.5. The van der Waals surface area contributed by atoms with E-state index in [1.54, 1.807) is 18.2 Å². The van der Waals surface area contributed by atoms with Crippen LogP contribution in [0.5, 0.6) is 11.6 Å². The maximum absolute atomic E-state index is 12.3. The van der Waals surface area contributed by atoms with Gasteiger partial charge in [0, 0.05) is 6.54 Å². The Morgan fingerprint density at radius 3 is 2.54 bits per heavy atom. The van der Waals surface area contributed by atoms with E-state index in [1.807, 2.05) is 12.1 Å². The van der Waals surface area contributed by atoms with Gasteiger partial charge in [-0.1, -0.05) is 18.2 Å². The third kappa shape index (κ3) is 3.60. The van der Waals surface area contributed by atoms with Crippen LogP contribution in [0.25, 0.3) is 22.1 Å². The molecular formula is C18H15F3N2O3. The molecule has 0 spiro atoms. The molecule has 0 saturated carbocycles. The molecule has 3 aromatic rings. The minimum atomic E-state index is -4.70. The summed E-state index contributed by atoms with van der Waals surface area (Å²) in [6.45, 7) is 1.66. The van der Waals surface area contributed by atoms with Gasteiger partial charge in [0.15, 0.2) is 5.58 Å². The smallest absolute Gasteiger partial charge is 0.470 e. The number of hydrogen-bond acceptors (Lipinski definition) is 5. The molecule has 0 radical (unpaired) electrons. The summed E-state index contributed by atoms with van der Waals surface area (Å²) >= 11 is 0. The molecule has 26 heavy (non-hydrogen) atoms. The zero-order valence-electron chi connectivity index (χ0n) is 13.5. The molecular weight excluding hydrogens is 349 g/mol. The average Bonchev–Trinajstić information content (AvgIpc) is 3.24. The number of ether oxygens (including phenoxy) is 2. The van der Waals surface area contributed by atoms with Crippen molar-refractivity contribution in [2.75, 3.05) is 13.1 Å². The van der Waals surface area contributed by atoms with Gasteiger partial charge in [-0.3, -0.25) is 0 Å². The molecule has 136 valence electrons. The molecule has 0 bridgehead atoms. The van der Waals surface area contributed by atoms with Gasteiger partial charge in [0.05, 0.1) is 5.39 Å². The molecule has 1 atom stereocenters. The zero-order chi connectivity index (χ0) is 18.1. The number of alkyl halides is 3. The molecule has 2 aromatic carbocycles. The Morgan fingerprint density at radius 1 is 1.08 bits per heavy atom. The Balaban J connectivity index is 1.60. The van der Waals surface area contributed by atoms with E-state index in [1.165, 1.54) is 12.1 Å². The quantitative estimate of drug-likeness (QED) is 0.754. The predicted octanol–water partition coefficient (Wildman–Crippen LogP) is 4.13. The van der Waals surface area contributed by atoms with Gasteiger partial charge in [-0.15, -0.1) is 13.2 Å². The van der Waals surface area contributed by atoms with Crippen LogP contribution in [-0.4, -0.2) is 30.7 Å². The van der Waals surface area contributed by atoms with Crippen LogP contribution in [0.3, 0.4) is 0 Å². The predicted molar refractivity (Wildman–Crippen MR) is 88.0 cm³/mol. The van der Waals surface area contributed by atoms with Crippen molar-refractivity contribution in [1.29, 1.82) is 0 Å². The topological polar surface area (TPSA) is 56.5 Å². The van der Waals surface area contributed by atoms with E-state index in [4.69, 9.17) is 9.26 Å². The number of nitrogens with zero attached hydrogens (tertiary/aromatic N) is 1. The summed E-state index contributed by atoms with van der Waals surface area (Å²) in [4.78, 5) is 0. The van der Waals surface area contributed by atoms with E-state index in [2.05, 4.69) is 15.2 Å². The van der Waals surface area contributed by atoms with Crippen molar-refractivity contribution in [1.82, 2.24) is 10.5 Å². The van der Waals surface area contributed by atoms with Crippen LogP contribution in [0, 0.1) is 0 Å². The summed E-state index contributed by atoms with van der Waals surface area (Å²) in [6.07, 6.45) is -3.76. The molecule has 4 rings (SSSR count). The summed E-state index contributed by atoms with van der Waals surface area (Å²) in [7, 11) is 0. The van der Waals surface area contributed by atoms with Crippen molar-refractivity contribution in [3.63, 3.8) is 0 Å². The van der Waals surface area contributed by atoms with Crippen LogP contribution >= 0.6 is 0 Å². The second-order valence-electron chi connectivity index (χ2n) is 6.00. The van der Waals surface area contributed by atoms with Gasteiger partial charge in [-0.25, -0.2) is 0 Å². The first kappa shape index (κ1) is 16.7. The molecule has 0 aliphatic carbocycles. The highest BCUT2D eigenvalue weighted by Crippen LogP contribution is 2.32. The van der Waals surface area contributed by atoms with E-state index in [0.717, 1.165) is 36.0 Å². The molecule has 8 heteroatoms. The standard InChI is InChI=1S/C18H15F3N2O3/c19-18(20,21)25-13-4-1-11(2-5-13)12-3-6-16-15(9-12)17(23-26-16)24-14-7-8-22-10-14/h1-6,9,14,22H,7-8,10H2/t14-/m1/s1. The van der Waals surface area contributed by atoms with E-state index >= 15 is 0 Å². The molecule has 0 amide bonds. The van der Waals surface area contributed by atoms with Crippen LogP contribution in [-0.2, 0) is 0 Å². The number of aromatic nitrogens is 1. The van der Waals surface area contributed by atoms with Crippen molar-refractivity contribution >= 4 is 11.0 Å². The lowest BCUT2D eigenvalue weighted by Gasteiger charge is -2.10. The second-order valence-corrected chi connectivity index (χ2v) is 6.00. The lowest BCUT2D eigenvalue weighted by molar-refractivity contribution is -0.274. The van der Waals surface area contributed by atoms with Crippen LogP contribution in [0.4, 0.5) is 13.2 Å². The lowest BCUT2D eigenvalue weighted by atomic mass is 10.0. The fourth-order valence-electron chi connectivity index (χ4n) is 2.92. The minimum absolute atomic E-state index is 0.0470. The van der Waals surface area contributed by atoms with Crippen molar-refractivity contribution < 1.29 is 27.2 Å². The van der Waals surface area contributed by atoms with Crippen molar-refractivity contribution in [2.24, 2.45) is 0 Å². The highest BCUT2D eigenvalue weighted by atomic mass is 19.4. The van der Waals surface area contributed by atoms with Crippen LogP contribution in [0.2, 0.25) is 0 Å². The largest absolute Gasteiger partial charge is 0.573 e. The summed E-state index contributed by atoms with van der Waals surface area (Å²) < 4.78 is 51.8. The average molecular weight is 364 g/mol. The van der Waals surface area contributed by atoms with E-state index in [9.17, 15) is 13.2 Å². The van der Waals surface area contributed by atoms with Gasteiger partial charge in [0.1, 0.15) is 11.9 Å². The summed E-state index contributed by atoms with van der Waals surface area (Å²) in [5.41, 5.74) is 2.15. The summed E-state index contributed by atoms with van der Waals surface area (Å²) in [6, 6.07) is 11.1. The number of benzene rings is 2. The molecule has 1 aliphatic rings. The van der Waals surface area contributed by atoms with Crippen molar-refractivity contribution in [3.8, 4) is 22.8 Å². The molecule has 2 heterocycles. The Bertz CT molecular complexity index is 900. The third-order valence-electron chi connectivity index (χ3n) is 4.15. The van der Waals surface area contributed by atoms with Gasteiger partial charge in [-0.05, 0) is 53.5 Å². The maximum Gasteiger partial charge on any atom is 0.573 e. The van der Waals surface area contributed by atoms with Gasteiger partial charge < -0.3 is 19.3 Å². The van der Waals surface area contributed by atoms with Gasteiger partial charge >= 0.3 is 6.36 Å². The fraction of sp³-hybridized carbons (Fsp3) is 0.278. The number of nitrogens with one attached hydrogen (secondary N) is 1. The maximum atomic E-state index is 12.3. The van der Waals surface area contributed by atoms with Gasteiger partial charge in [-0.2, -0.15) is 0 Å². The molecule has 1 N–H and O–H groups in total. The number of hydrogen-bond donors (Lipinski definition) is 1. The first-order chi connectivity index (χ1) is 12.5. The molecule has 1 aliphatic heterocycles. The Kier molecular flexibility index (Phi) is 4.20. The molecule has 5 nitrogen and oxygen atoms in total. The van der Waals surface area contributed by atoms with Crippen molar-refractivity contribution in [2.45, 2.75) is 18.9 Å². The highest BCUT2D eigenvalue weighted by molar-refractivity contribution is 5.87. The van der Waals surface area contributed by atoms with Crippen molar-refractivity contribution in [3.05, 3.63) is 42.5 Å². The lowest BCUT2D eigenvalue weighted by Crippen LogP contribution is -2.19. The Morgan fingerprint density at radius 2 is 1.85 bits per heavy atom. The fourth-order valence-corrected chi connectivity index (χ4v) is 2.92. The molecule has 1 fully saturated rings. The third-order valence-corrected chi connectivity index (χ3v) is 4.15. The second kappa shape index (κ2) is 6.53. The Hall–Kier alpha value is -2.74. The van der Waals surface area contributed by atoms with Gasteiger partial charge in [0.25, 0.3) is 5.88 Å². The van der Waals surface area contributed by atoms with E-state index in [0.29, 0.717) is 11.5 Å². The Labute approximate surface area is 146 Å². The summed E-state index contributed by atoms with van der Waals surface area (Å²) in [5.74, 6) is 0.164. The number of halogens is 3. The first-order valence-corrected chi connectivity index (χ1v) is 8.11. The van der Waals surface area contributed by atoms with E-state index < -0.39 is 6.36 Å². The normalized spacial score (nSPS) is 17.6. The van der Waals surface area contributed by atoms with Crippen LogP contribution in [0.1, 0.15) is 6.42 Å².